The first-order valence-corrected chi connectivity index (χ1v) is 9.69. The van der Waals surface area contributed by atoms with E-state index in [0.717, 1.165) is 12.1 Å². The Morgan fingerprint density at radius 1 is 1.17 bits per heavy atom. The van der Waals surface area contributed by atoms with Crippen molar-refractivity contribution in [2.45, 2.75) is 26.3 Å². The van der Waals surface area contributed by atoms with Gasteiger partial charge in [-0.15, -0.1) is 0 Å². The lowest BCUT2D eigenvalue weighted by Gasteiger charge is -2.23. The van der Waals surface area contributed by atoms with Crippen molar-refractivity contribution in [2.75, 3.05) is 16.8 Å². The fraction of sp³-hybridized carbons (Fsp3) is 0.227. The normalized spacial score (nSPS) is 13.6. The summed E-state index contributed by atoms with van der Waals surface area (Å²) in [4.78, 5) is 34.3. The quantitative estimate of drug-likeness (QED) is 0.514. The fourth-order valence-corrected chi connectivity index (χ4v) is 3.61. The number of nitro benzene ring substituents is 1. The van der Waals surface area contributed by atoms with Crippen molar-refractivity contribution in [2.24, 2.45) is 0 Å². The molecule has 0 bridgehead atoms. The number of fused-ring (bicyclic) bond motifs is 1. The third kappa shape index (κ3) is 3.84. The minimum absolute atomic E-state index is 0.0247. The maximum atomic E-state index is 13.0. The molecular weight excluding hydrogens is 382 g/mol. The molecule has 0 saturated heterocycles. The highest BCUT2D eigenvalue weighted by Gasteiger charge is 2.28. The van der Waals surface area contributed by atoms with E-state index < -0.39 is 11.0 Å². The van der Waals surface area contributed by atoms with E-state index in [0.29, 0.717) is 29.4 Å². The van der Waals surface area contributed by atoms with E-state index in [1.807, 2.05) is 31.2 Å². The first-order valence-electron chi connectivity index (χ1n) is 9.69. The zero-order chi connectivity index (χ0) is 21.3. The van der Waals surface area contributed by atoms with Crippen LogP contribution in [0.25, 0.3) is 11.4 Å². The van der Waals surface area contributed by atoms with E-state index in [2.05, 4.69) is 15.3 Å². The van der Waals surface area contributed by atoms with E-state index >= 15 is 0 Å². The Hall–Kier alpha value is -3.81. The summed E-state index contributed by atoms with van der Waals surface area (Å²) in [6.07, 6.45) is 0.845. The first kappa shape index (κ1) is 19.5. The molecule has 30 heavy (non-hydrogen) atoms. The fourth-order valence-electron chi connectivity index (χ4n) is 3.61. The Morgan fingerprint density at radius 2 is 1.97 bits per heavy atom. The van der Waals surface area contributed by atoms with Crippen molar-refractivity contribution >= 4 is 23.1 Å². The molecule has 1 aliphatic rings. The van der Waals surface area contributed by atoms with E-state index in [4.69, 9.17) is 0 Å². The van der Waals surface area contributed by atoms with E-state index in [9.17, 15) is 14.9 Å². The summed E-state index contributed by atoms with van der Waals surface area (Å²) in [7, 11) is 0. The third-order valence-corrected chi connectivity index (χ3v) is 5.06. The number of nitrogens with zero attached hydrogens (tertiary/aromatic N) is 4. The lowest BCUT2D eigenvalue weighted by molar-refractivity contribution is -0.384. The summed E-state index contributed by atoms with van der Waals surface area (Å²) in [5.41, 5.74) is 3.34. The number of aryl methyl sites for hydroxylation is 1. The predicted octanol–water partition coefficient (Wildman–Crippen LogP) is 3.75. The van der Waals surface area contributed by atoms with Gasteiger partial charge in [0.1, 0.15) is 11.9 Å². The predicted molar refractivity (Wildman–Crippen MR) is 114 cm³/mol. The number of amides is 1. The van der Waals surface area contributed by atoms with E-state index in [1.54, 1.807) is 30.0 Å². The number of non-ortho nitro benzene ring substituents is 1. The number of para-hydroxylation sites is 1. The molecule has 2 heterocycles. The topological polar surface area (TPSA) is 101 Å². The van der Waals surface area contributed by atoms with Crippen LogP contribution >= 0.6 is 0 Å². The molecule has 8 heteroatoms. The van der Waals surface area contributed by atoms with Gasteiger partial charge in [-0.25, -0.2) is 9.97 Å². The van der Waals surface area contributed by atoms with Crippen LogP contribution < -0.4 is 10.2 Å². The van der Waals surface area contributed by atoms with Crippen molar-refractivity contribution in [3.63, 3.8) is 0 Å². The second kappa shape index (κ2) is 7.90. The Kier molecular flexibility index (Phi) is 5.14. The Bertz CT molecular complexity index is 1130. The van der Waals surface area contributed by atoms with Crippen LogP contribution in [0.5, 0.6) is 0 Å². The number of nitrogens with one attached hydrogen (secondary N) is 1. The van der Waals surface area contributed by atoms with Crippen LogP contribution in [0.1, 0.15) is 18.2 Å². The molecule has 1 N–H and O–H groups in total. The standard InChI is InChI=1S/C22H21N5O3/c1-14-12-20(25-21(23-14)17-7-5-8-18(13-17)27(29)30)24-15(2)22(28)26-11-10-16-6-3-4-9-19(16)26/h3-9,12-13,15H,10-11H2,1-2H3,(H,23,24,25). The monoisotopic (exact) mass is 403 g/mol. The molecule has 1 amide bonds. The Morgan fingerprint density at radius 3 is 2.77 bits per heavy atom. The van der Waals surface area contributed by atoms with Gasteiger partial charge in [0.15, 0.2) is 5.82 Å². The number of carbonyl (C=O) groups excluding carboxylic acids is 1. The van der Waals surface area contributed by atoms with Crippen LogP contribution in [0.2, 0.25) is 0 Å². The van der Waals surface area contributed by atoms with Crippen molar-refractivity contribution in [1.82, 2.24) is 9.97 Å². The molecular formula is C22H21N5O3. The maximum absolute atomic E-state index is 13.0. The molecule has 152 valence electrons. The largest absolute Gasteiger partial charge is 0.358 e. The molecule has 0 spiro atoms. The number of aromatic nitrogens is 2. The SMILES string of the molecule is Cc1cc(NC(C)C(=O)N2CCc3ccccc32)nc(-c2cccc([N+](=O)[O-])c2)n1. The van der Waals surface area contributed by atoms with Gasteiger partial charge < -0.3 is 10.2 Å². The number of anilines is 2. The molecule has 8 nitrogen and oxygen atoms in total. The van der Waals surface area contributed by atoms with Gasteiger partial charge in [0.2, 0.25) is 5.91 Å². The van der Waals surface area contributed by atoms with Crippen LogP contribution in [0, 0.1) is 17.0 Å². The average Bonchev–Trinajstić information content (AvgIpc) is 3.17. The van der Waals surface area contributed by atoms with Gasteiger partial charge in [-0.2, -0.15) is 0 Å². The average molecular weight is 403 g/mol. The van der Waals surface area contributed by atoms with Crippen molar-refractivity contribution in [3.8, 4) is 11.4 Å². The number of hydrogen-bond acceptors (Lipinski definition) is 6. The van der Waals surface area contributed by atoms with Crippen molar-refractivity contribution in [1.29, 1.82) is 0 Å². The van der Waals surface area contributed by atoms with E-state index in [-0.39, 0.29) is 11.6 Å². The number of carbonyl (C=O) groups is 1. The van der Waals surface area contributed by atoms with Gasteiger partial charge in [0.05, 0.1) is 4.92 Å². The molecule has 0 aliphatic carbocycles. The minimum Gasteiger partial charge on any atom is -0.358 e. The van der Waals surface area contributed by atoms with Crippen LogP contribution in [-0.2, 0) is 11.2 Å². The molecule has 2 aromatic carbocycles. The summed E-state index contributed by atoms with van der Waals surface area (Å²) in [5.74, 6) is 0.831. The number of rotatable bonds is 5. The minimum atomic E-state index is -0.497. The molecule has 0 radical (unpaired) electrons. The molecule has 1 atom stereocenters. The summed E-state index contributed by atoms with van der Waals surface area (Å²) in [6, 6.07) is 15.4. The maximum Gasteiger partial charge on any atom is 0.270 e. The van der Waals surface area contributed by atoms with Crippen molar-refractivity contribution < 1.29 is 9.72 Å². The molecule has 1 unspecified atom stereocenters. The molecule has 3 aromatic rings. The molecule has 1 aromatic heterocycles. The lowest BCUT2D eigenvalue weighted by Crippen LogP contribution is -2.40. The lowest BCUT2D eigenvalue weighted by atomic mass is 10.2. The van der Waals surface area contributed by atoms with Crippen LogP contribution in [0.15, 0.2) is 54.6 Å². The first-order chi connectivity index (χ1) is 14.4. The highest BCUT2D eigenvalue weighted by molar-refractivity contribution is 6.00. The second-order valence-corrected chi connectivity index (χ2v) is 7.26. The van der Waals surface area contributed by atoms with E-state index in [1.165, 1.54) is 17.7 Å². The van der Waals surface area contributed by atoms with Crippen LogP contribution in [-0.4, -0.2) is 33.4 Å². The number of hydrogen-bond donors (Lipinski definition) is 1. The molecule has 4 rings (SSSR count). The molecule has 1 aliphatic heterocycles. The third-order valence-electron chi connectivity index (χ3n) is 5.06. The summed E-state index contributed by atoms with van der Waals surface area (Å²) < 4.78 is 0. The van der Waals surface area contributed by atoms with Gasteiger partial charge >= 0.3 is 0 Å². The summed E-state index contributed by atoms with van der Waals surface area (Å²) >= 11 is 0. The van der Waals surface area contributed by atoms with Gasteiger partial charge in [0.25, 0.3) is 5.69 Å². The van der Waals surface area contributed by atoms with Crippen molar-refractivity contribution in [3.05, 3.63) is 76.0 Å². The number of benzene rings is 2. The van der Waals surface area contributed by atoms with Gasteiger partial charge in [-0.05, 0) is 31.9 Å². The smallest absolute Gasteiger partial charge is 0.270 e. The summed E-state index contributed by atoms with van der Waals surface area (Å²) in [5, 5.41) is 14.2. The summed E-state index contributed by atoms with van der Waals surface area (Å²) in [6.45, 7) is 4.27. The van der Waals surface area contributed by atoms with Crippen LogP contribution in [0.3, 0.4) is 0 Å². The van der Waals surface area contributed by atoms with Gasteiger partial charge in [-0.1, -0.05) is 30.3 Å². The highest BCUT2D eigenvalue weighted by Crippen LogP contribution is 2.28. The van der Waals surface area contributed by atoms with Gasteiger partial charge in [0, 0.05) is 41.7 Å². The zero-order valence-corrected chi connectivity index (χ0v) is 16.7. The highest BCUT2D eigenvalue weighted by atomic mass is 16.6. The van der Waals surface area contributed by atoms with Gasteiger partial charge in [-0.3, -0.25) is 14.9 Å². The van der Waals surface area contributed by atoms with Crippen LogP contribution in [0.4, 0.5) is 17.2 Å². The Balaban J connectivity index is 1.56. The molecule has 0 fully saturated rings. The second-order valence-electron chi connectivity index (χ2n) is 7.26. The zero-order valence-electron chi connectivity index (χ0n) is 16.7. The Labute approximate surface area is 173 Å². The molecule has 0 saturated carbocycles. The number of nitro groups is 1.